The van der Waals surface area contributed by atoms with Crippen molar-refractivity contribution < 1.29 is 9.53 Å². The highest BCUT2D eigenvalue weighted by Crippen LogP contribution is 2.18. The van der Waals surface area contributed by atoms with Crippen molar-refractivity contribution in [1.82, 2.24) is 30.0 Å². The molecule has 220 valence electrons. The Bertz CT molecular complexity index is 1370. The average molecular weight is 567 g/mol. The second-order valence-electron chi connectivity index (χ2n) is 11.2. The second-order valence-corrected chi connectivity index (χ2v) is 11.2. The Morgan fingerprint density at radius 2 is 1.60 bits per heavy atom. The molecule has 4 aromatic rings. The van der Waals surface area contributed by atoms with E-state index in [1.165, 1.54) is 54.3 Å². The third kappa shape index (κ3) is 9.33. The largest absolute Gasteiger partial charge is 0.494 e. The van der Waals surface area contributed by atoms with Gasteiger partial charge in [0.15, 0.2) is 5.78 Å². The molecule has 3 aromatic carbocycles. The Kier molecular flexibility index (Phi) is 10.8. The number of rotatable bonds is 16. The Morgan fingerprint density at radius 3 is 2.33 bits per heavy atom. The zero-order valence-corrected chi connectivity index (χ0v) is 24.7. The van der Waals surface area contributed by atoms with Crippen LogP contribution in [-0.4, -0.2) is 68.6 Å². The molecule has 1 aliphatic heterocycles. The van der Waals surface area contributed by atoms with Gasteiger partial charge in [-0.15, -0.1) is 10.2 Å². The van der Waals surface area contributed by atoms with Gasteiger partial charge in [-0.1, -0.05) is 66.7 Å². The highest BCUT2D eigenvalue weighted by Gasteiger charge is 2.12. The van der Waals surface area contributed by atoms with Crippen molar-refractivity contribution >= 4 is 5.78 Å². The van der Waals surface area contributed by atoms with Crippen molar-refractivity contribution in [3.8, 4) is 17.1 Å². The fourth-order valence-corrected chi connectivity index (χ4v) is 5.36. The lowest BCUT2D eigenvalue weighted by molar-refractivity contribution is -0.117. The maximum Gasteiger partial charge on any atom is 0.204 e. The summed E-state index contributed by atoms with van der Waals surface area (Å²) >= 11 is 0. The quantitative estimate of drug-likeness (QED) is 0.167. The van der Waals surface area contributed by atoms with Crippen LogP contribution in [0.4, 0.5) is 0 Å². The van der Waals surface area contributed by atoms with Gasteiger partial charge in [-0.3, -0.25) is 14.6 Å². The number of unbranched alkanes of at least 4 members (excludes halogenated alkanes) is 1. The van der Waals surface area contributed by atoms with E-state index in [1.807, 2.05) is 12.1 Å². The van der Waals surface area contributed by atoms with E-state index in [0.29, 0.717) is 5.82 Å². The van der Waals surface area contributed by atoms with E-state index in [0.717, 1.165) is 63.4 Å². The minimum absolute atomic E-state index is 0.00149. The van der Waals surface area contributed by atoms with Crippen LogP contribution in [0, 0.1) is 0 Å². The van der Waals surface area contributed by atoms with E-state index in [1.54, 1.807) is 0 Å². The first-order chi connectivity index (χ1) is 20.6. The molecule has 1 fully saturated rings. The van der Waals surface area contributed by atoms with Crippen LogP contribution >= 0.6 is 0 Å². The topological polar surface area (TPSA) is 76.4 Å². The molecular weight excluding hydrogens is 524 g/mol. The van der Waals surface area contributed by atoms with Gasteiger partial charge < -0.3 is 4.74 Å². The number of carbonyl (C=O) groups excluding carboxylic acids is 1. The van der Waals surface area contributed by atoms with E-state index in [9.17, 15) is 4.79 Å². The van der Waals surface area contributed by atoms with Crippen molar-refractivity contribution in [3.05, 3.63) is 95.6 Å². The summed E-state index contributed by atoms with van der Waals surface area (Å²) in [6.07, 6.45) is 5.75. The Hall–Kier alpha value is -3.88. The van der Waals surface area contributed by atoms with Crippen LogP contribution in [0.1, 0.15) is 49.3 Å². The van der Waals surface area contributed by atoms with Crippen LogP contribution in [0.2, 0.25) is 0 Å². The average Bonchev–Trinajstić information content (AvgIpc) is 3.69. The monoisotopic (exact) mass is 566 g/mol. The van der Waals surface area contributed by atoms with Crippen LogP contribution in [0.3, 0.4) is 0 Å². The molecule has 2 heterocycles. The van der Waals surface area contributed by atoms with E-state index in [4.69, 9.17) is 4.74 Å². The molecule has 0 amide bonds. The van der Waals surface area contributed by atoms with E-state index in [-0.39, 0.29) is 12.3 Å². The molecular formula is C34H42N6O2. The highest BCUT2D eigenvalue weighted by atomic mass is 16.5. The van der Waals surface area contributed by atoms with Gasteiger partial charge >= 0.3 is 0 Å². The summed E-state index contributed by atoms with van der Waals surface area (Å²) in [4.78, 5) is 17.7. The summed E-state index contributed by atoms with van der Waals surface area (Å²) in [6, 6.07) is 27.6. The van der Waals surface area contributed by atoms with Crippen molar-refractivity contribution in [2.45, 2.75) is 58.7 Å². The van der Waals surface area contributed by atoms with Crippen LogP contribution in [0.5, 0.6) is 5.75 Å². The number of tetrazole rings is 1. The number of ether oxygens (including phenoxy) is 1. The molecule has 42 heavy (non-hydrogen) atoms. The number of benzene rings is 3. The Balaban J connectivity index is 1.10. The molecule has 8 heteroatoms. The zero-order valence-electron chi connectivity index (χ0n) is 24.7. The molecule has 1 saturated heterocycles. The number of hydrogen-bond donors (Lipinski definition) is 0. The molecule has 0 saturated carbocycles. The molecule has 8 nitrogen and oxygen atoms in total. The predicted molar refractivity (Wildman–Crippen MR) is 165 cm³/mol. The summed E-state index contributed by atoms with van der Waals surface area (Å²) in [7, 11) is 0. The molecule has 1 aromatic heterocycles. The van der Waals surface area contributed by atoms with Gasteiger partial charge in [0, 0.05) is 25.2 Å². The molecule has 0 radical (unpaired) electrons. The SMILES string of the molecule is CC(=O)Cn1nnc(-c2ccc(CN(CCCCOc3ccc(CN4CCCC4)cc3)CCc3ccccc3)cc2)n1. The van der Waals surface area contributed by atoms with Gasteiger partial charge in [-0.2, -0.15) is 4.80 Å². The van der Waals surface area contributed by atoms with E-state index < -0.39 is 0 Å². The molecule has 0 N–H and O–H groups in total. The number of Topliss-reactive ketones (excluding diaryl/α,β-unsaturated/α-hetero) is 1. The molecule has 0 atom stereocenters. The van der Waals surface area contributed by atoms with Crippen molar-refractivity contribution in [1.29, 1.82) is 0 Å². The Labute approximate surface area is 249 Å². The van der Waals surface area contributed by atoms with E-state index in [2.05, 4.69) is 91.9 Å². The number of aromatic nitrogens is 4. The summed E-state index contributed by atoms with van der Waals surface area (Å²) in [6.45, 7) is 8.73. The van der Waals surface area contributed by atoms with Gasteiger partial charge in [-0.05, 0) is 92.7 Å². The van der Waals surface area contributed by atoms with Crippen LogP contribution in [0.15, 0.2) is 78.9 Å². The van der Waals surface area contributed by atoms with Crippen molar-refractivity contribution in [2.24, 2.45) is 0 Å². The standard InChI is InChI=1S/C34H42N6O2/c1-28(41)25-40-36-34(35-37-40)32-15-11-30(12-16-32)27-39(23-19-29-9-3-2-4-10-29)22-7-8-24-42-33-17-13-31(14-18-33)26-38-20-5-6-21-38/h2-4,9-18H,5-8,19-27H2,1H3. The molecule has 0 bridgehead atoms. The van der Waals surface area contributed by atoms with Gasteiger partial charge in [0.05, 0.1) is 6.61 Å². The third-order valence-corrected chi connectivity index (χ3v) is 7.66. The van der Waals surface area contributed by atoms with Gasteiger partial charge in [-0.25, -0.2) is 0 Å². The minimum atomic E-state index is -0.00149. The summed E-state index contributed by atoms with van der Waals surface area (Å²) in [5.41, 5.74) is 4.86. The third-order valence-electron chi connectivity index (χ3n) is 7.66. The van der Waals surface area contributed by atoms with Gasteiger partial charge in [0.2, 0.25) is 5.82 Å². The first-order valence-corrected chi connectivity index (χ1v) is 15.2. The van der Waals surface area contributed by atoms with E-state index >= 15 is 0 Å². The highest BCUT2D eigenvalue weighted by molar-refractivity contribution is 5.75. The van der Waals surface area contributed by atoms with Gasteiger partial charge in [0.25, 0.3) is 0 Å². The van der Waals surface area contributed by atoms with Crippen molar-refractivity contribution in [2.75, 3.05) is 32.8 Å². The number of nitrogens with zero attached hydrogens (tertiary/aromatic N) is 6. The number of carbonyl (C=O) groups is 1. The summed E-state index contributed by atoms with van der Waals surface area (Å²) in [5, 5.41) is 12.4. The number of likely N-dealkylation sites (tertiary alicyclic amines) is 1. The molecule has 5 rings (SSSR count). The lowest BCUT2D eigenvalue weighted by Gasteiger charge is -2.23. The maximum absolute atomic E-state index is 11.3. The fourth-order valence-electron chi connectivity index (χ4n) is 5.36. The zero-order chi connectivity index (χ0) is 29.0. The van der Waals surface area contributed by atoms with Crippen LogP contribution in [0.25, 0.3) is 11.4 Å². The lowest BCUT2D eigenvalue weighted by Crippen LogP contribution is -2.27. The fraction of sp³-hybridized carbons (Fsp3) is 0.412. The van der Waals surface area contributed by atoms with Crippen molar-refractivity contribution in [3.63, 3.8) is 0 Å². The summed E-state index contributed by atoms with van der Waals surface area (Å²) < 4.78 is 6.07. The van der Waals surface area contributed by atoms with Crippen LogP contribution < -0.4 is 4.74 Å². The first kappa shape index (κ1) is 29.6. The minimum Gasteiger partial charge on any atom is -0.494 e. The Morgan fingerprint density at radius 1 is 0.857 bits per heavy atom. The normalized spacial score (nSPS) is 13.6. The van der Waals surface area contributed by atoms with Crippen LogP contribution in [-0.2, 0) is 30.8 Å². The molecule has 0 aliphatic carbocycles. The maximum atomic E-state index is 11.3. The molecule has 0 spiro atoms. The molecule has 0 unspecified atom stereocenters. The first-order valence-electron chi connectivity index (χ1n) is 15.2. The van der Waals surface area contributed by atoms with Gasteiger partial charge in [0.1, 0.15) is 12.3 Å². The lowest BCUT2D eigenvalue weighted by atomic mass is 10.1. The number of ketones is 1. The smallest absolute Gasteiger partial charge is 0.204 e. The second kappa shape index (κ2) is 15.4. The molecule has 1 aliphatic rings. The summed E-state index contributed by atoms with van der Waals surface area (Å²) in [5.74, 6) is 1.49. The predicted octanol–water partition coefficient (Wildman–Crippen LogP) is 5.43. The number of hydrogen-bond acceptors (Lipinski definition) is 7.